The van der Waals surface area contributed by atoms with Crippen molar-refractivity contribution in [2.24, 2.45) is 0 Å². The summed E-state index contributed by atoms with van der Waals surface area (Å²) >= 11 is 4.63. The summed E-state index contributed by atoms with van der Waals surface area (Å²) in [4.78, 5) is 0. The van der Waals surface area contributed by atoms with Crippen LogP contribution in [-0.2, 0) is 5.75 Å². The molecule has 0 unspecified atom stereocenters. The Kier molecular flexibility index (Phi) is 4.44. The zero-order valence-electron chi connectivity index (χ0n) is 11.4. The van der Waals surface area contributed by atoms with Gasteiger partial charge in [0.05, 0.1) is 4.47 Å². The minimum atomic E-state index is -0.276. The number of halogens is 2. The standard InChI is InChI=1S/C15H12BrFN4S/c16-12-8-10(6-7-13(12)17)9-22-15-20-19-14(21(15)18)11-4-2-1-3-5-11/h1-8H,9,18H2. The van der Waals surface area contributed by atoms with E-state index in [1.807, 2.05) is 30.3 Å². The smallest absolute Gasteiger partial charge is 0.210 e. The fourth-order valence-corrected chi connectivity index (χ4v) is 3.16. The van der Waals surface area contributed by atoms with Crippen molar-refractivity contribution in [2.75, 3.05) is 5.84 Å². The number of rotatable bonds is 4. The fourth-order valence-electron chi connectivity index (χ4n) is 1.94. The molecule has 0 bridgehead atoms. The molecular weight excluding hydrogens is 367 g/mol. The van der Waals surface area contributed by atoms with E-state index in [9.17, 15) is 4.39 Å². The van der Waals surface area contributed by atoms with Crippen LogP contribution in [0.15, 0.2) is 58.2 Å². The largest absolute Gasteiger partial charge is 0.335 e. The van der Waals surface area contributed by atoms with E-state index < -0.39 is 0 Å². The summed E-state index contributed by atoms with van der Waals surface area (Å²) in [6.45, 7) is 0. The molecule has 0 amide bonds. The van der Waals surface area contributed by atoms with Gasteiger partial charge in [-0.05, 0) is 33.6 Å². The zero-order chi connectivity index (χ0) is 15.5. The van der Waals surface area contributed by atoms with Crippen molar-refractivity contribution in [1.82, 2.24) is 14.9 Å². The molecule has 1 aromatic heterocycles. The first-order valence-electron chi connectivity index (χ1n) is 6.48. The van der Waals surface area contributed by atoms with E-state index >= 15 is 0 Å². The van der Waals surface area contributed by atoms with E-state index in [1.54, 1.807) is 12.1 Å². The summed E-state index contributed by atoms with van der Waals surface area (Å²) in [6, 6.07) is 14.6. The molecule has 0 spiro atoms. The van der Waals surface area contributed by atoms with Gasteiger partial charge >= 0.3 is 0 Å². The van der Waals surface area contributed by atoms with Gasteiger partial charge in [0, 0.05) is 11.3 Å². The van der Waals surface area contributed by atoms with Gasteiger partial charge in [-0.3, -0.25) is 0 Å². The monoisotopic (exact) mass is 378 g/mol. The van der Waals surface area contributed by atoms with Gasteiger partial charge in [-0.1, -0.05) is 48.2 Å². The molecule has 0 aliphatic rings. The number of nitrogens with two attached hydrogens (primary N) is 1. The van der Waals surface area contributed by atoms with Crippen molar-refractivity contribution < 1.29 is 4.39 Å². The van der Waals surface area contributed by atoms with Crippen LogP contribution in [0.2, 0.25) is 0 Å². The Balaban J connectivity index is 1.76. The Bertz CT molecular complexity index is 791. The minimum absolute atomic E-state index is 0.276. The Labute approximate surface area is 139 Å². The van der Waals surface area contributed by atoms with Gasteiger partial charge in [0.25, 0.3) is 0 Å². The Hall–Kier alpha value is -1.86. The van der Waals surface area contributed by atoms with E-state index in [1.165, 1.54) is 22.5 Å². The van der Waals surface area contributed by atoms with Crippen LogP contribution in [0.4, 0.5) is 4.39 Å². The van der Waals surface area contributed by atoms with E-state index in [0.29, 0.717) is 21.2 Å². The second kappa shape index (κ2) is 6.50. The molecule has 1 heterocycles. The van der Waals surface area contributed by atoms with Gasteiger partial charge in [0.2, 0.25) is 5.16 Å². The van der Waals surface area contributed by atoms with Gasteiger partial charge in [0.1, 0.15) is 5.82 Å². The third kappa shape index (κ3) is 3.15. The molecule has 0 fully saturated rings. The normalized spacial score (nSPS) is 10.8. The third-order valence-electron chi connectivity index (χ3n) is 3.05. The van der Waals surface area contributed by atoms with Crippen molar-refractivity contribution in [3.63, 3.8) is 0 Å². The van der Waals surface area contributed by atoms with Crippen molar-refractivity contribution in [2.45, 2.75) is 10.9 Å². The van der Waals surface area contributed by atoms with Crippen molar-refractivity contribution in [3.05, 3.63) is 64.4 Å². The predicted octanol–water partition coefficient (Wildman–Crippen LogP) is 3.85. The molecule has 7 heteroatoms. The molecule has 0 aliphatic carbocycles. The summed E-state index contributed by atoms with van der Waals surface area (Å²) in [7, 11) is 0. The van der Waals surface area contributed by atoms with Crippen LogP contribution in [0.1, 0.15) is 5.56 Å². The molecule has 0 saturated carbocycles. The Morgan fingerprint density at radius 1 is 1.14 bits per heavy atom. The molecule has 112 valence electrons. The first-order chi connectivity index (χ1) is 10.6. The van der Waals surface area contributed by atoms with Gasteiger partial charge in [-0.2, -0.15) is 0 Å². The van der Waals surface area contributed by atoms with Gasteiger partial charge in [0.15, 0.2) is 5.82 Å². The Morgan fingerprint density at radius 3 is 2.64 bits per heavy atom. The quantitative estimate of drug-likeness (QED) is 0.553. The van der Waals surface area contributed by atoms with E-state index in [-0.39, 0.29) is 5.82 Å². The lowest BCUT2D eigenvalue weighted by molar-refractivity contribution is 0.620. The second-order valence-electron chi connectivity index (χ2n) is 4.58. The number of benzene rings is 2. The van der Waals surface area contributed by atoms with Crippen molar-refractivity contribution in [3.8, 4) is 11.4 Å². The molecule has 0 radical (unpaired) electrons. The number of hydrogen-bond donors (Lipinski definition) is 1. The van der Waals surface area contributed by atoms with Crippen LogP contribution < -0.4 is 5.84 Å². The topological polar surface area (TPSA) is 56.7 Å². The van der Waals surface area contributed by atoms with Crippen LogP contribution in [0.3, 0.4) is 0 Å². The third-order valence-corrected chi connectivity index (χ3v) is 4.67. The van der Waals surface area contributed by atoms with E-state index in [2.05, 4.69) is 26.1 Å². The Morgan fingerprint density at radius 2 is 1.91 bits per heavy atom. The second-order valence-corrected chi connectivity index (χ2v) is 6.38. The molecule has 0 saturated heterocycles. The maximum atomic E-state index is 13.2. The average Bonchev–Trinajstić information content (AvgIpc) is 2.90. The maximum Gasteiger partial charge on any atom is 0.210 e. The first kappa shape index (κ1) is 15.1. The number of nitrogens with zero attached hydrogens (tertiary/aromatic N) is 3. The summed E-state index contributed by atoms with van der Waals surface area (Å²) in [5, 5.41) is 8.85. The van der Waals surface area contributed by atoms with Gasteiger partial charge in [-0.15, -0.1) is 10.2 Å². The summed E-state index contributed by atoms with van der Waals surface area (Å²) in [5.74, 6) is 7.02. The van der Waals surface area contributed by atoms with Gasteiger partial charge < -0.3 is 5.84 Å². The minimum Gasteiger partial charge on any atom is -0.335 e. The van der Waals surface area contributed by atoms with Crippen LogP contribution in [0.5, 0.6) is 0 Å². The van der Waals surface area contributed by atoms with Crippen LogP contribution in [0, 0.1) is 5.82 Å². The van der Waals surface area contributed by atoms with E-state index in [4.69, 9.17) is 5.84 Å². The van der Waals surface area contributed by atoms with E-state index in [0.717, 1.165) is 11.1 Å². The predicted molar refractivity (Wildman–Crippen MR) is 89.3 cm³/mol. The van der Waals surface area contributed by atoms with Crippen LogP contribution in [-0.4, -0.2) is 14.9 Å². The van der Waals surface area contributed by atoms with Crippen LogP contribution >= 0.6 is 27.7 Å². The molecule has 22 heavy (non-hydrogen) atoms. The van der Waals surface area contributed by atoms with Crippen molar-refractivity contribution >= 4 is 27.7 Å². The SMILES string of the molecule is Nn1c(SCc2ccc(F)c(Br)c2)nnc1-c1ccccc1. The summed E-state index contributed by atoms with van der Waals surface area (Å²) in [6.07, 6.45) is 0. The molecule has 2 N–H and O–H groups in total. The number of nitrogen functional groups attached to an aromatic ring is 1. The molecular formula is C15H12BrFN4S. The lowest BCUT2D eigenvalue weighted by atomic mass is 10.2. The molecule has 4 nitrogen and oxygen atoms in total. The molecule has 3 rings (SSSR count). The zero-order valence-corrected chi connectivity index (χ0v) is 13.8. The fraction of sp³-hybridized carbons (Fsp3) is 0.0667. The molecule has 3 aromatic rings. The highest BCUT2D eigenvalue weighted by molar-refractivity contribution is 9.10. The molecule has 0 aliphatic heterocycles. The lowest BCUT2D eigenvalue weighted by Gasteiger charge is -2.04. The lowest BCUT2D eigenvalue weighted by Crippen LogP contribution is -2.11. The van der Waals surface area contributed by atoms with Gasteiger partial charge in [-0.25, -0.2) is 9.07 Å². The summed E-state index contributed by atoms with van der Waals surface area (Å²) < 4.78 is 15.1. The molecule has 2 aromatic carbocycles. The number of aromatic nitrogens is 3. The summed E-state index contributed by atoms with van der Waals surface area (Å²) in [5.41, 5.74) is 1.89. The first-order valence-corrected chi connectivity index (χ1v) is 8.25. The number of hydrogen-bond acceptors (Lipinski definition) is 4. The average molecular weight is 379 g/mol. The highest BCUT2D eigenvalue weighted by atomic mass is 79.9. The number of thioether (sulfide) groups is 1. The highest BCUT2D eigenvalue weighted by Crippen LogP contribution is 2.26. The van der Waals surface area contributed by atoms with Crippen LogP contribution in [0.25, 0.3) is 11.4 Å². The maximum absolute atomic E-state index is 13.2. The highest BCUT2D eigenvalue weighted by Gasteiger charge is 2.12. The molecule has 0 atom stereocenters. The van der Waals surface area contributed by atoms with Crippen molar-refractivity contribution in [1.29, 1.82) is 0 Å².